The number of aryl methyl sites for hydroxylation is 1. The Balaban J connectivity index is 1.73. The number of ketones is 1. The summed E-state index contributed by atoms with van der Waals surface area (Å²) >= 11 is 0. The molecule has 1 N–H and O–H groups in total. The first-order valence-corrected chi connectivity index (χ1v) is 6.33. The SMILES string of the molecule is O=C(CCc1ccccc1)c1cc2ccncc2[nH]1. The van der Waals surface area contributed by atoms with Gasteiger partial charge in [0.25, 0.3) is 0 Å². The number of Topliss-reactive ketones (excluding diaryl/α,β-unsaturated/α-hetero) is 1. The van der Waals surface area contributed by atoms with Crippen LogP contribution in [0.1, 0.15) is 22.5 Å². The van der Waals surface area contributed by atoms with Crippen LogP contribution >= 0.6 is 0 Å². The van der Waals surface area contributed by atoms with Crippen molar-refractivity contribution in [3.8, 4) is 0 Å². The molecular formula is C16H14N2O. The maximum atomic E-state index is 12.1. The van der Waals surface area contributed by atoms with Crippen LogP contribution in [0.15, 0.2) is 54.9 Å². The van der Waals surface area contributed by atoms with E-state index < -0.39 is 0 Å². The molecule has 0 bridgehead atoms. The highest BCUT2D eigenvalue weighted by Crippen LogP contribution is 2.15. The number of pyridine rings is 1. The minimum Gasteiger partial charge on any atom is -0.351 e. The maximum absolute atomic E-state index is 12.1. The first-order chi connectivity index (χ1) is 9.33. The number of carbonyl (C=O) groups excluding carboxylic acids is 1. The van der Waals surface area contributed by atoms with E-state index in [0.29, 0.717) is 12.1 Å². The Morgan fingerprint density at radius 1 is 1.16 bits per heavy atom. The number of hydrogen-bond donors (Lipinski definition) is 1. The van der Waals surface area contributed by atoms with Crippen molar-refractivity contribution in [1.82, 2.24) is 9.97 Å². The van der Waals surface area contributed by atoms with E-state index in [1.54, 1.807) is 12.4 Å². The molecule has 0 fully saturated rings. The van der Waals surface area contributed by atoms with Crippen LogP contribution in [0.5, 0.6) is 0 Å². The van der Waals surface area contributed by atoms with Gasteiger partial charge >= 0.3 is 0 Å². The first kappa shape index (κ1) is 11.7. The number of aromatic nitrogens is 2. The lowest BCUT2D eigenvalue weighted by Gasteiger charge is -1.99. The summed E-state index contributed by atoms with van der Waals surface area (Å²) in [6.45, 7) is 0. The number of H-pyrrole nitrogens is 1. The smallest absolute Gasteiger partial charge is 0.179 e. The molecule has 2 heterocycles. The van der Waals surface area contributed by atoms with Crippen molar-refractivity contribution in [2.75, 3.05) is 0 Å². The molecule has 0 spiro atoms. The van der Waals surface area contributed by atoms with E-state index in [2.05, 4.69) is 9.97 Å². The van der Waals surface area contributed by atoms with Crippen molar-refractivity contribution in [3.63, 3.8) is 0 Å². The number of rotatable bonds is 4. The second-order valence-electron chi connectivity index (χ2n) is 4.55. The van der Waals surface area contributed by atoms with Gasteiger partial charge < -0.3 is 4.98 Å². The molecule has 0 radical (unpaired) electrons. The Hall–Kier alpha value is -2.42. The van der Waals surface area contributed by atoms with Crippen molar-refractivity contribution >= 4 is 16.7 Å². The molecule has 0 saturated carbocycles. The minimum atomic E-state index is 0.139. The van der Waals surface area contributed by atoms with E-state index in [1.807, 2.05) is 42.5 Å². The third-order valence-corrected chi connectivity index (χ3v) is 3.21. The van der Waals surface area contributed by atoms with Gasteiger partial charge in [0, 0.05) is 18.0 Å². The van der Waals surface area contributed by atoms with Gasteiger partial charge in [0.1, 0.15) is 0 Å². The van der Waals surface area contributed by atoms with Crippen LogP contribution in [0, 0.1) is 0 Å². The maximum Gasteiger partial charge on any atom is 0.179 e. The predicted octanol–water partition coefficient (Wildman–Crippen LogP) is 3.38. The molecule has 0 aliphatic heterocycles. The zero-order valence-electron chi connectivity index (χ0n) is 10.5. The van der Waals surface area contributed by atoms with Gasteiger partial charge in [-0.15, -0.1) is 0 Å². The van der Waals surface area contributed by atoms with E-state index >= 15 is 0 Å². The molecule has 0 atom stereocenters. The van der Waals surface area contributed by atoms with Crippen molar-refractivity contribution < 1.29 is 4.79 Å². The summed E-state index contributed by atoms with van der Waals surface area (Å²) in [6, 6.07) is 13.9. The molecule has 2 aromatic heterocycles. The monoisotopic (exact) mass is 250 g/mol. The van der Waals surface area contributed by atoms with Gasteiger partial charge in [0.2, 0.25) is 0 Å². The lowest BCUT2D eigenvalue weighted by Crippen LogP contribution is -2.01. The highest BCUT2D eigenvalue weighted by Gasteiger charge is 2.09. The summed E-state index contributed by atoms with van der Waals surface area (Å²) < 4.78 is 0. The zero-order valence-corrected chi connectivity index (χ0v) is 10.5. The first-order valence-electron chi connectivity index (χ1n) is 6.33. The van der Waals surface area contributed by atoms with Crippen molar-refractivity contribution in [2.45, 2.75) is 12.8 Å². The number of nitrogens with zero attached hydrogens (tertiary/aromatic N) is 1. The average molecular weight is 250 g/mol. The van der Waals surface area contributed by atoms with Gasteiger partial charge in [0.05, 0.1) is 17.4 Å². The van der Waals surface area contributed by atoms with Gasteiger partial charge in [-0.1, -0.05) is 30.3 Å². The van der Waals surface area contributed by atoms with Gasteiger partial charge in [0.15, 0.2) is 5.78 Å². The Morgan fingerprint density at radius 3 is 2.79 bits per heavy atom. The van der Waals surface area contributed by atoms with Gasteiger partial charge in [-0.3, -0.25) is 9.78 Å². The summed E-state index contributed by atoms with van der Waals surface area (Å²) in [5.41, 5.74) is 2.76. The fourth-order valence-corrected chi connectivity index (χ4v) is 2.16. The van der Waals surface area contributed by atoms with Crippen LogP contribution in [0.4, 0.5) is 0 Å². The van der Waals surface area contributed by atoms with Crippen LogP contribution in [0.25, 0.3) is 10.9 Å². The third kappa shape index (κ3) is 2.55. The quantitative estimate of drug-likeness (QED) is 0.721. The summed E-state index contributed by atoms with van der Waals surface area (Å²) in [6.07, 6.45) is 4.76. The van der Waals surface area contributed by atoms with Crippen molar-refractivity contribution in [3.05, 3.63) is 66.1 Å². The molecule has 3 rings (SSSR count). The molecule has 3 heteroatoms. The fourth-order valence-electron chi connectivity index (χ4n) is 2.16. The standard InChI is InChI=1S/C16H14N2O/c19-16(7-6-12-4-2-1-3-5-12)14-10-13-8-9-17-11-15(13)18-14/h1-5,8-11,18H,6-7H2. The molecule has 3 aromatic rings. The Labute approximate surface area is 111 Å². The van der Waals surface area contributed by atoms with E-state index in [9.17, 15) is 4.79 Å². The molecule has 0 aliphatic rings. The molecule has 0 saturated heterocycles. The van der Waals surface area contributed by atoms with E-state index in [4.69, 9.17) is 0 Å². The second kappa shape index (κ2) is 5.06. The second-order valence-corrected chi connectivity index (χ2v) is 4.55. The van der Waals surface area contributed by atoms with Gasteiger partial charge in [-0.05, 0) is 24.1 Å². The van der Waals surface area contributed by atoms with E-state index in [0.717, 1.165) is 17.3 Å². The Kier molecular flexibility index (Phi) is 3.11. The van der Waals surface area contributed by atoms with E-state index in [-0.39, 0.29) is 5.78 Å². The molecular weight excluding hydrogens is 236 g/mol. The minimum absolute atomic E-state index is 0.139. The van der Waals surface area contributed by atoms with Crippen molar-refractivity contribution in [1.29, 1.82) is 0 Å². The third-order valence-electron chi connectivity index (χ3n) is 3.21. The molecule has 19 heavy (non-hydrogen) atoms. The molecule has 1 aromatic carbocycles. The number of aromatic amines is 1. The Bertz CT molecular complexity index is 668. The number of fused-ring (bicyclic) bond motifs is 1. The van der Waals surface area contributed by atoms with Crippen LogP contribution in [0.2, 0.25) is 0 Å². The summed E-state index contributed by atoms with van der Waals surface area (Å²) in [4.78, 5) is 19.3. The van der Waals surface area contributed by atoms with Crippen LogP contribution in [-0.2, 0) is 6.42 Å². The highest BCUT2D eigenvalue weighted by atomic mass is 16.1. The van der Waals surface area contributed by atoms with Gasteiger partial charge in [-0.25, -0.2) is 0 Å². The molecule has 3 nitrogen and oxygen atoms in total. The number of hydrogen-bond acceptors (Lipinski definition) is 2. The summed E-state index contributed by atoms with van der Waals surface area (Å²) in [5, 5.41) is 1.03. The summed E-state index contributed by atoms with van der Waals surface area (Å²) in [5.74, 6) is 0.139. The van der Waals surface area contributed by atoms with E-state index in [1.165, 1.54) is 5.56 Å². The highest BCUT2D eigenvalue weighted by molar-refractivity contribution is 5.99. The van der Waals surface area contributed by atoms with Crippen LogP contribution < -0.4 is 0 Å². The van der Waals surface area contributed by atoms with Crippen molar-refractivity contribution in [2.24, 2.45) is 0 Å². The fraction of sp³-hybridized carbons (Fsp3) is 0.125. The number of benzene rings is 1. The van der Waals surface area contributed by atoms with Crippen LogP contribution in [0.3, 0.4) is 0 Å². The average Bonchev–Trinajstić information content (AvgIpc) is 2.90. The molecule has 0 amide bonds. The number of nitrogens with one attached hydrogen (secondary N) is 1. The lowest BCUT2D eigenvalue weighted by atomic mass is 10.1. The molecule has 94 valence electrons. The normalized spacial score (nSPS) is 10.7. The molecule has 0 unspecified atom stereocenters. The lowest BCUT2D eigenvalue weighted by molar-refractivity contribution is 0.0979. The number of carbonyl (C=O) groups is 1. The predicted molar refractivity (Wildman–Crippen MR) is 75.2 cm³/mol. The molecule has 0 aliphatic carbocycles. The van der Waals surface area contributed by atoms with Crippen LogP contribution in [-0.4, -0.2) is 15.8 Å². The van der Waals surface area contributed by atoms with Gasteiger partial charge in [-0.2, -0.15) is 0 Å². The zero-order chi connectivity index (χ0) is 13.1. The summed E-state index contributed by atoms with van der Waals surface area (Å²) in [7, 11) is 0. The largest absolute Gasteiger partial charge is 0.351 e. The Morgan fingerprint density at radius 2 is 2.00 bits per heavy atom. The topological polar surface area (TPSA) is 45.8 Å².